The molecule has 1 saturated heterocycles. The van der Waals surface area contributed by atoms with E-state index in [0.717, 1.165) is 17.6 Å². The van der Waals surface area contributed by atoms with Crippen LogP contribution >= 0.6 is 15.9 Å². The molecule has 94 valence electrons. The third-order valence-corrected chi connectivity index (χ3v) is 3.90. The van der Waals surface area contributed by atoms with Crippen LogP contribution in [-0.4, -0.2) is 16.1 Å². The second-order valence-electron chi connectivity index (χ2n) is 4.73. The van der Waals surface area contributed by atoms with Gasteiger partial charge in [0.1, 0.15) is 0 Å². The van der Waals surface area contributed by atoms with Gasteiger partial charge in [0.05, 0.1) is 12.0 Å². The lowest BCUT2D eigenvalue weighted by Crippen LogP contribution is -2.17. The van der Waals surface area contributed by atoms with Crippen LogP contribution in [-0.2, 0) is 6.54 Å². The number of benzene rings is 1. The Hall–Kier alpha value is -1.13. The number of imidazole rings is 1. The first-order valence-electron chi connectivity index (χ1n) is 6.31. The summed E-state index contributed by atoms with van der Waals surface area (Å²) >= 11 is 3.51. The fourth-order valence-electron chi connectivity index (χ4n) is 2.52. The first kappa shape index (κ1) is 11.9. The second-order valence-corrected chi connectivity index (χ2v) is 5.64. The zero-order chi connectivity index (χ0) is 12.4. The minimum Gasteiger partial charge on any atom is -0.329 e. The van der Waals surface area contributed by atoms with E-state index >= 15 is 0 Å². The fourth-order valence-corrected chi connectivity index (χ4v) is 2.97. The number of rotatable bonds is 3. The molecule has 18 heavy (non-hydrogen) atoms. The van der Waals surface area contributed by atoms with Crippen molar-refractivity contribution in [3.8, 4) is 0 Å². The van der Waals surface area contributed by atoms with Gasteiger partial charge in [-0.3, -0.25) is 0 Å². The number of hydrogen-bond donors (Lipinski definition) is 1. The highest BCUT2D eigenvalue weighted by Crippen LogP contribution is 2.23. The average molecular weight is 306 g/mol. The standard InChI is InChI=1S/C14H16BrN3/c15-12-4-1-3-11(7-12)9-18-10-16-8-14(18)13-5-2-6-17-13/h1,3-4,7-8,10,13,17H,2,5-6,9H2/t13-/m0/s1. The number of hydrogen-bond acceptors (Lipinski definition) is 2. The quantitative estimate of drug-likeness (QED) is 0.944. The number of aromatic nitrogens is 2. The molecule has 0 saturated carbocycles. The van der Waals surface area contributed by atoms with Crippen LogP contribution in [0.2, 0.25) is 0 Å². The van der Waals surface area contributed by atoms with Crippen molar-refractivity contribution in [1.82, 2.24) is 14.9 Å². The monoisotopic (exact) mass is 305 g/mol. The predicted molar refractivity (Wildman–Crippen MR) is 75.4 cm³/mol. The summed E-state index contributed by atoms with van der Waals surface area (Å²) in [6.45, 7) is 2.00. The molecule has 1 aliphatic rings. The lowest BCUT2D eigenvalue weighted by atomic mass is 10.1. The molecular weight excluding hydrogens is 290 g/mol. The molecule has 0 radical (unpaired) electrons. The van der Waals surface area contributed by atoms with Crippen molar-refractivity contribution < 1.29 is 0 Å². The topological polar surface area (TPSA) is 29.9 Å². The van der Waals surface area contributed by atoms with Crippen molar-refractivity contribution in [1.29, 1.82) is 0 Å². The van der Waals surface area contributed by atoms with Crippen molar-refractivity contribution in [2.75, 3.05) is 6.54 Å². The molecule has 1 aromatic carbocycles. The maximum Gasteiger partial charge on any atom is 0.0951 e. The summed E-state index contributed by atoms with van der Waals surface area (Å²) in [7, 11) is 0. The highest BCUT2D eigenvalue weighted by atomic mass is 79.9. The Labute approximate surface area is 115 Å². The van der Waals surface area contributed by atoms with Crippen molar-refractivity contribution in [3.05, 3.63) is 52.5 Å². The summed E-state index contributed by atoms with van der Waals surface area (Å²) in [4.78, 5) is 4.30. The van der Waals surface area contributed by atoms with E-state index in [1.807, 2.05) is 12.5 Å². The molecule has 1 atom stereocenters. The lowest BCUT2D eigenvalue weighted by molar-refractivity contribution is 0.584. The van der Waals surface area contributed by atoms with Gasteiger partial charge in [0.25, 0.3) is 0 Å². The molecule has 2 heterocycles. The Morgan fingerprint density at radius 3 is 3.17 bits per heavy atom. The number of nitrogens with one attached hydrogen (secondary N) is 1. The molecule has 1 N–H and O–H groups in total. The molecular formula is C14H16BrN3. The molecule has 1 aliphatic heterocycles. The molecule has 3 nitrogen and oxygen atoms in total. The van der Waals surface area contributed by atoms with Gasteiger partial charge in [0.2, 0.25) is 0 Å². The van der Waals surface area contributed by atoms with Gasteiger partial charge in [-0.05, 0) is 37.1 Å². The third-order valence-electron chi connectivity index (χ3n) is 3.40. The third kappa shape index (κ3) is 2.49. The molecule has 1 aromatic heterocycles. The van der Waals surface area contributed by atoms with Gasteiger partial charge in [0, 0.05) is 23.3 Å². The van der Waals surface area contributed by atoms with Crippen molar-refractivity contribution >= 4 is 15.9 Å². The summed E-state index contributed by atoms with van der Waals surface area (Å²) in [6, 6.07) is 8.91. The fraction of sp³-hybridized carbons (Fsp3) is 0.357. The van der Waals surface area contributed by atoms with E-state index in [2.05, 4.69) is 55.1 Å². The molecule has 2 aromatic rings. The minimum atomic E-state index is 0.472. The largest absolute Gasteiger partial charge is 0.329 e. The minimum absolute atomic E-state index is 0.472. The van der Waals surface area contributed by atoms with Gasteiger partial charge in [-0.2, -0.15) is 0 Å². The Balaban J connectivity index is 1.82. The van der Waals surface area contributed by atoms with E-state index < -0.39 is 0 Å². The van der Waals surface area contributed by atoms with Gasteiger partial charge in [-0.1, -0.05) is 28.1 Å². The predicted octanol–water partition coefficient (Wildman–Crippen LogP) is 3.12. The molecule has 0 spiro atoms. The van der Waals surface area contributed by atoms with E-state index in [9.17, 15) is 0 Å². The van der Waals surface area contributed by atoms with Gasteiger partial charge < -0.3 is 9.88 Å². The first-order valence-corrected chi connectivity index (χ1v) is 7.10. The SMILES string of the molecule is Brc1cccc(Cn2cncc2[C@@H]2CCCN2)c1. The van der Waals surface area contributed by atoms with Gasteiger partial charge in [0.15, 0.2) is 0 Å². The second kappa shape index (κ2) is 5.24. The van der Waals surface area contributed by atoms with E-state index in [1.54, 1.807) is 0 Å². The van der Waals surface area contributed by atoms with Crippen LogP contribution in [0.3, 0.4) is 0 Å². The van der Waals surface area contributed by atoms with Crippen LogP contribution in [0.4, 0.5) is 0 Å². The van der Waals surface area contributed by atoms with Crippen LogP contribution < -0.4 is 5.32 Å². The van der Waals surface area contributed by atoms with Crippen LogP contribution in [0, 0.1) is 0 Å². The van der Waals surface area contributed by atoms with Crippen LogP contribution in [0.25, 0.3) is 0 Å². The summed E-state index contributed by atoms with van der Waals surface area (Å²) in [5, 5.41) is 3.53. The van der Waals surface area contributed by atoms with Gasteiger partial charge >= 0.3 is 0 Å². The first-order chi connectivity index (χ1) is 8.83. The van der Waals surface area contributed by atoms with Crippen LogP contribution in [0.15, 0.2) is 41.3 Å². The lowest BCUT2D eigenvalue weighted by Gasteiger charge is -2.14. The Bertz CT molecular complexity index is 529. The molecule has 0 unspecified atom stereocenters. The molecule has 0 amide bonds. The number of halogens is 1. The summed E-state index contributed by atoms with van der Waals surface area (Å²) in [5.41, 5.74) is 2.59. The summed E-state index contributed by atoms with van der Waals surface area (Å²) in [6.07, 6.45) is 6.38. The summed E-state index contributed by atoms with van der Waals surface area (Å²) in [5.74, 6) is 0. The Kier molecular flexibility index (Phi) is 3.48. The maximum atomic E-state index is 4.30. The van der Waals surface area contributed by atoms with Crippen LogP contribution in [0.1, 0.15) is 30.1 Å². The van der Waals surface area contributed by atoms with Gasteiger partial charge in [-0.25, -0.2) is 4.98 Å². The molecule has 3 rings (SSSR count). The zero-order valence-corrected chi connectivity index (χ0v) is 11.7. The van der Waals surface area contributed by atoms with Crippen LogP contribution in [0.5, 0.6) is 0 Å². The Morgan fingerprint density at radius 1 is 1.44 bits per heavy atom. The van der Waals surface area contributed by atoms with Gasteiger partial charge in [-0.15, -0.1) is 0 Å². The van der Waals surface area contributed by atoms with Crippen molar-refractivity contribution in [2.24, 2.45) is 0 Å². The van der Waals surface area contributed by atoms with Crippen molar-refractivity contribution in [3.63, 3.8) is 0 Å². The normalized spacial score (nSPS) is 19.3. The highest BCUT2D eigenvalue weighted by molar-refractivity contribution is 9.10. The molecule has 1 fully saturated rings. The van der Waals surface area contributed by atoms with E-state index in [4.69, 9.17) is 0 Å². The number of nitrogens with zero attached hydrogens (tertiary/aromatic N) is 2. The summed E-state index contributed by atoms with van der Waals surface area (Å²) < 4.78 is 3.37. The van der Waals surface area contributed by atoms with Crippen molar-refractivity contribution in [2.45, 2.75) is 25.4 Å². The molecule has 4 heteroatoms. The maximum absolute atomic E-state index is 4.30. The molecule has 0 bridgehead atoms. The molecule has 0 aliphatic carbocycles. The van der Waals surface area contributed by atoms with E-state index in [-0.39, 0.29) is 0 Å². The van der Waals surface area contributed by atoms with E-state index in [0.29, 0.717) is 6.04 Å². The average Bonchev–Trinajstić information content (AvgIpc) is 2.98. The van der Waals surface area contributed by atoms with E-state index in [1.165, 1.54) is 24.1 Å². The zero-order valence-electron chi connectivity index (χ0n) is 10.1. The Morgan fingerprint density at radius 2 is 2.39 bits per heavy atom. The smallest absolute Gasteiger partial charge is 0.0951 e. The highest BCUT2D eigenvalue weighted by Gasteiger charge is 2.19.